The van der Waals surface area contributed by atoms with Crippen LogP contribution in [0.25, 0.3) is 0 Å². The number of rotatable bonds is 1. The molecule has 1 spiro atoms. The summed E-state index contributed by atoms with van der Waals surface area (Å²) < 4.78 is 5.42. The summed E-state index contributed by atoms with van der Waals surface area (Å²) >= 11 is 0. The van der Waals surface area contributed by atoms with Gasteiger partial charge in [0.15, 0.2) is 0 Å². The van der Waals surface area contributed by atoms with Crippen LogP contribution in [0, 0.1) is 11.3 Å². The Morgan fingerprint density at radius 3 is 2.72 bits per heavy atom. The van der Waals surface area contributed by atoms with E-state index in [-0.39, 0.29) is 18.1 Å². The Kier molecular flexibility index (Phi) is 3.58. The predicted molar refractivity (Wildman–Crippen MR) is 69.3 cm³/mol. The number of amides is 1. The summed E-state index contributed by atoms with van der Waals surface area (Å²) in [6.07, 6.45) is 4.16. The highest BCUT2D eigenvalue weighted by Crippen LogP contribution is 2.48. The first-order valence-corrected chi connectivity index (χ1v) is 6.92. The summed E-state index contributed by atoms with van der Waals surface area (Å²) in [7, 11) is 0. The van der Waals surface area contributed by atoms with Crippen molar-refractivity contribution in [2.75, 3.05) is 19.7 Å². The zero-order chi connectivity index (χ0) is 13.4. The van der Waals surface area contributed by atoms with Gasteiger partial charge in [-0.05, 0) is 57.8 Å². The topological polar surface area (TPSA) is 49.8 Å². The second kappa shape index (κ2) is 4.72. The first kappa shape index (κ1) is 13.7. The van der Waals surface area contributed by atoms with Gasteiger partial charge in [-0.3, -0.25) is 0 Å². The number of nitrogens with zero attached hydrogens (tertiary/aromatic N) is 1. The number of carbonyl (C=O) groups excluding carboxylic acids is 1. The van der Waals surface area contributed by atoms with Crippen molar-refractivity contribution in [3.8, 4) is 0 Å². The maximum atomic E-state index is 12.0. The van der Waals surface area contributed by atoms with Gasteiger partial charge in [0.05, 0.1) is 0 Å². The van der Waals surface area contributed by atoms with Gasteiger partial charge in [0, 0.05) is 19.7 Å². The lowest BCUT2D eigenvalue weighted by molar-refractivity contribution is 0.0272. The lowest BCUT2D eigenvalue weighted by atomic mass is 9.84. The van der Waals surface area contributed by atoms with Gasteiger partial charge in [0.1, 0.15) is 5.60 Å². The molecular weight excluding hydrogens is 230 g/mol. The van der Waals surface area contributed by atoms with Gasteiger partial charge in [-0.25, -0.2) is 4.79 Å². The summed E-state index contributed by atoms with van der Waals surface area (Å²) in [5.74, 6) is 0.434. The van der Waals surface area contributed by atoms with Gasteiger partial charge in [-0.2, -0.15) is 0 Å². The molecular formula is C14H25NO3. The Morgan fingerprint density at radius 2 is 2.17 bits per heavy atom. The van der Waals surface area contributed by atoms with E-state index in [0.717, 1.165) is 38.8 Å². The highest BCUT2D eigenvalue weighted by Gasteiger charge is 2.45. The van der Waals surface area contributed by atoms with E-state index in [2.05, 4.69) is 0 Å². The molecule has 0 aromatic carbocycles. The molecule has 0 aromatic rings. The van der Waals surface area contributed by atoms with E-state index in [1.807, 2.05) is 25.7 Å². The molecule has 2 atom stereocenters. The van der Waals surface area contributed by atoms with Crippen LogP contribution in [0.5, 0.6) is 0 Å². The van der Waals surface area contributed by atoms with Crippen molar-refractivity contribution in [2.45, 2.75) is 52.1 Å². The fourth-order valence-electron chi connectivity index (χ4n) is 3.27. The molecule has 2 rings (SSSR count). The number of hydrogen-bond acceptors (Lipinski definition) is 3. The van der Waals surface area contributed by atoms with Gasteiger partial charge in [0.25, 0.3) is 0 Å². The average Bonchev–Trinajstić information content (AvgIpc) is 2.84. The molecule has 4 nitrogen and oxygen atoms in total. The van der Waals surface area contributed by atoms with Gasteiger partial charge >= 0.3 is 6.09 Å². The van der Waals surface area contributed by atoms with Crippen LogP contribution in [0.4, 0.5) is 4.79 Å². The van der Waals surface area contributed by atoms with Gasteiger partial charge in [0.2, 0.25) is 0 Å². The van der Waals surface area contributed by atoms with Crippen molar-refractivity contribution < 1.29 is 14.6 Å². The van der Waals surface area contributed by atoms with E-state index in [9.17, 15) is 9.90 Å². The SMILES string of the molecule is CC(C)(C)OC(=O)N1CC[C@@]2(CC[C@@H](CO)C2)C1. The van der Waals surface area contributed by atoms with Crippen LogP contribution in [-0.2, 0) is 4.74 Å². The van der Waals surface area contributed by atoms with E-state index in [1.54, 1.807) is 0 Å². The lowest BCUT2D eigenvalue weighted by Gasteiger charge is -2.27. The number of hydrogen-bond donors (Lipinski definition) is 1. The normalized spacial score (nSPS) is 32.2. The number of carbonyl (C=O) groups is 1. The quantitative estimate of drug-likeness (QED) is 0.782. The second-order valence-electron chi connectivity index (χ2n) is 6.94. The van der Waals surface area contributed by atoms with Crippen LogP contribution < -0.4 is 0 Å². The second-order valence-corrected chi connectivity index (χ2v) is 6.94. The Hall–Kier alpha value is -0.770. The molecule has 0 bridgehead atoms. The first-order chi connectivity index (χ1) is 8.34. The molecule has 1 N–H and O–H groups in total. The minimum absolute atomic E-state index is 0.188. The standard InChI is InChI=1S/C14H25NO3/c1-13(2,3)18-12(17)15-7-6-14(10-15)5-4-11(8-14)9-16/h11,16H,4-10H2,1-3H3/t11-,14-/m1/s1. The predicted octanol–water partition coefficient (Wildman–Crippen LogP) is 2.41. The Labute approximate surface area is 109 Å². The van der Waals surface area contributed by atoms with Crippen molar-refractivity contribution in [1.29, 1.82) is 0 Å². The summed E-state index contributed by atoms with van der Waals surface area (Å²) in [6, 6.07) is 0. The summed E-state index contributed by atoms with van der Waals surface area (Å²) in [5.41, 5.74) is -0.166. The van der Waals surface area contributed by atoms with Crippen molar-refractivity contribution in [1.82, 2.24) is 4.90 Å². The van der Waals surface area contributed by atoms with Crippen LogP contribution in [0.1, 0.15) is 46.5 Å². The van der Waals surface area contributed by atoms with Crippen molar-refractivity contribution in [3.63, 3.8) is 0 Å². The fraction of sp³-hybridized carbons (Fsp3) is 0.929. The minimum atomic E-state index is -0.420. The van der Waals surface area contributed by atoms with E-state index in [0.29, 0.717) is 5.92 Å². The zero-order valence-electron chi connectivity index (χ0n) is 11.7. The fourth-order valence-corrected chi connectivity index (χ4v) is 3.27. The van der Waals surface area contributed by atoms with Crippen molar-refractivity contribution >= 4 is 6.09 Å². The van der Waals surface area contributed by atoms with Crippen LogP contribution in [0.3, 0.4) is 0 Å². The van der Waals surface area contributed by atoms with Crippen LogP contribution >= 0.6 is 0 Å². The van der Waals surface area contributed by atoms with E-state index in [4.69, 9.17) is 4.74 Å². The van der Waals surface area contributed by atoms with E-state index in [1.165, 1.54) is 0 Å². The van der Waals surface area contributed by atoms with E-state index >= 15 is 0 Å². The molecule has 104 valence electrons. The molecule has 18 heavy (non-hydrogen) atoms. The Balaban J connectivity index is 1.91. The molecule has 2 aliphatic rings. The van der Waals surface area contributed by atoms with E-state index < -0.39 is 5.60 Å². The molecule has 1 aliphatic heterocycles. The molecule has 0 unspecified atom stereocenters. The minimum Gasteiger partial charge on any atom is -0.444 e. The van der Waals surface area contributed by atoms with Gasteiger partial charge in [-0.15, -0.1) is 0 Å². The number of likely N-dealkylation sites (tertiary alicyclic amines) is 1. The first-order valence-electron chi connectivity index (χ1n) is 6.92. The molecule has 4 heteroatoms. The van der Waals surface area contributed by atoms with Crippen LogP contribution in [0.2, 0.25) is 0 Å². The largest absolute Gasteiger partial charge is 0.444 e. The maximum absolute atomic E-state index is 12.0. The smallest absolute Gasteiger partial charge is 0.410 e. The highest BCUT2D eigenvalue weighted by atomic mass is 16.6. The third-order valence-electron chi connectivity index (χ3n) is 4.15. The molecule has 0 radical (unpaired) electrons. The number of aliphatic hydroxyl groups is 1. The third-order valence-corrected chi connectivity index (χ3v) is 4.15. The van der Waals surface area contributed by atoms with Crippen molar-refractivity contribution in [2.24, 2.45) is 11.3 Å². The molecule has 1 aliphatic carbocycles. The molecule has 1 saturated heterocycles. The van der Waals surface area contributed by atoms with Crippen LogP contribution in [0.15, 0.2) is 0 Å². The summed E-state index contributed by atoms with van der Waals surface area (Å²) in [4.78, 5) is 13.8. The highest BCUT2D eigenvalue weighted by molar-refractivity contribution is 5.68. The Bertz CT molecular complexity index is 323. The average molecular weight is 255 g/mol. The monoisotopic (exact) mass is 255 g/mol. The molecule has 1 saturated carbocycles. The van der Waals surface area contributed by atoms with Crippen LogP contribution in [-0.4, -0.2) is 41.4 Å². The molecule has 1 heterocycles. The van der Waals surface area contributed by atoms with Gasteiger partial charge < -0.3 is 14.7 Å². The number of ether oxygens (including phenoxy) is 1. The summed E-state index contributed by atoms with van der Waals surface area (Å²) in [6.45, 7) is 7.58. The molecule has 0 aromatic heterocycles. The molecule has 2 fully saturated rings. The summed E-state index contributed by atoms with van der Waals surface area (Å²) in [5, 5.41) is 9.23. The lowest BCUT2D eigenvalue weighted by Crippen LogP contribution is -2.36. The van der Waals surface area contributed by atoms with Crippen molar-refractivity contribution in [3.05, 3.63) is 0 Å². The third kappa shape index (κ3) is 2.97. The number of aliphatic hydroxyl groups excluding tert-OH is 1. The zero-order valence-corrected chi connectivity index (χ0v) is 11.7. The maximum Gasteiger partial charge on any atom is 0.410 e. The molecule has 1 amide bonds. The Morgan fingerprint density at radius 1 is 1.44 bits per heavy atom. The van der Waals surface area contributed by atoms with Gasteiger partial charge in [-0.1, -0.05) is 0 Å².